The van der Waals surface area contributed by atoms with Crippen molar-refractivity contribution in [3.05, 3.63) is 57.9 Å². The number of hydrogen-bond acceptors (Lipinski definition) is 7. The summed E-state index contributed by atoms with van der Waals surface area (Å²) in [6.45, 7) is 1.79. The lowest BCUT2D eigenvalue weighted by atomic mass is 9.77. The molecule has 0 bridgehead atoms. The van der Waals surface area contributed by atoms with Crippen LogP contribution >= 0.6 is 0 Å². The molecule has 25 heavy (non-hydrogen) atoms. The molecule has 1 aliphatic rings. The van der Waals surface area contributed by atoms with Gasteiger partial charge in [-0.25, -0.2) is 4.98 Å². The molecule has 0 atom stereocenters. The molecule has 4 rings (SSSR count). The fourth-order valence-corrected chi connectivity index (χ4v) is 2.92. The number of nitrogens with zero attached hydrogens (tertiary/aromatic N) is 4. The lowest BCUT2D eigenvalue weighted by Gasteiger charge is -2.34. The summed E-state index contributed by atoms with van der Waals surface area (Å²) >= 11 is 0. The maximum atomic E-state index is 12.5. The molecule has 8 heteroatoms. The van der Waals surface area contributed by atoms with Crippen LogP contribution in [-0.4, -0.2) is 25.1 Å². The highest BCUT2D eigenvalue weighted by Crippen LogP contribution is 2.36. The molecule has 0 unspecified atom stereocenters. The third kappa shape index (κ3) is 2.85. The fourth-order valence-electron chi connectivity index (χ4n) is 2.92. The Morgan fingerprint density at radius 3 is 2.84 bits per heavy atom. The van der Waals surface area contributed by atoms with Crippen LogP contribution in [0.3, 0.4) is 0 Å². The zero-order valence-corrected chi connectivity index (χ0v) is 13.8. The number of aryl methyl sites for hydroxylation is 1. The van der Waals surface area contributed by atoms with Crippen LogP contribution in [0, 0.1) is 6.92 Å². The van der Waals surface area contributed by atoms with E-state index in [1.54, 1.807) is 25.4 Å². The summed E-state index contributed by atoms with van der Waals surface area (Å²) in [7, 11) is 0. The number of nitrogens with two attached hydrogens (primary N) is 1. The summed E-state index contributed by atoms with van der Waals surface area (Å²) in [5.74, 6) is 1.37. The van der Waals surface area contributed by atoms with E-state index in [2.05, 4.69) is 25.1 Å². The number of aromatic amines is 1. The maximum Gasteiger partial charge on any atom is 0.255 e. The molecular weight excluding hydrogens is 320 g/mol. The molecule has 3 heterocycles. The van der Waals surface area contributed by atoms with Crippen molar-refractivity contribution >= 4 is 0 Å². The van der Waals surface area contributed by atoms with Crippen LogP contribution in [0.1, 0.15) is 42.2 Å². The molecule has 0 radical (unpaired) electrons. The predicted molar refractivity (Wildman–Crippen MR) is 89.6 cm³/mol. The van der Waals surface area contributed by atoms with E-state index in [1.165, 1.54) is 0 Å². The van der Waals surface area contributed by atoms with E-state index in [-0.39, 0.29) is 12.0 Å². The van der Waals surface area contributed by atoms with Gasteiger partial charge in [0.15, 0.2) is 5.82 Å². The van der Waals surface area contributed by atoms with Crippen molar-refractivity contribution in [2.75, 3.05) is 0 Å². The van der Waals surface area contributed by atoms with Gasteiger partial charge in [-0.05, 0) is 38.3 Å². The van der Waals surface area contributed by atoms with Crippen molar-refractivity contribution in [3.8, 4) is 11.4 Å². The minimum absolute atomic E-state index is 0.225. The van der Waals surface area contributed by atoms with E-state index < -0.39 is 5.54 Å². The lowest BCUT2D eigenvalue weighted by Crippen LogP contribution is -2.44. The number of pyridine rings is 1. The number of nitrogens with one attached hydrogen (secondary N) is 1. The molecule has 8 nitrogen and oxygen atoms in total. The van der Waals surface area contributed by atoms with Gasteiger partial charge in [-0.3, -0.25) is 9.78 Å². The van der Waals surface area contributed by atoms with Crippen LogP contribution in [0.15, 0.2) is 33.8 Å². The van der Waals surface area contributed by atoms with Gasteiger partial charge in [-0.15, -0.1) is 0 Å². The van der Waals surface area contributed by atoms with Gasteiger partial charge < -0.3 is 15.2 Å². The Labute approximate surface area is 143 Å². The Morgan fingerprint density at radius 1 is 1.36 bits per heavy atom. The third-order valence-corrected chi connectivity index (χ3v) is 4.64. The quantitative estimate of drug-likeness (QED) is 0.738. The Balaban J connectivity index is 1.62. The van der Waals surface area contributed by atoms with Gasteiger partial charge >= 0.3 is 0 Å². The summed E-state index contributed by atoms with van der Waals surface area (Å²) < 4.78 is 5.28. The number of hydrogen-bond donors (Lipinski definition) is 2. The van der Waals surface area contributed by atoms with E-state index in [0.29, 0.717) is 28.8 Å². The van der Waals surface area contributed by atoms with Crippen molar-refractivity contribution in [2.45, 2.75) is 38.1 Å². The molecule has 3 aromatic rings. The maximum absolute atomic E-state index is 12.5. The second-order valence-electron chi connectivity index (χ2n) is 6.42. The SMILES string of the molecule is Cc1nc(-c2cccnc2)[nH]c(=O)c1Cc1nc(C2(N)CCC2)no1. The van der Waals surface area contributed by atoms with Crippen LogP contribution in [-0.2, 0) is 12.0 Å². The van der Waals surface area contributed by atoms with Crippen molar-refractivity contribution in [1.82, 2.24) is 25.1 Å². The fraction of sp³-hybridized carbons (Fsp3) is 0.353. The second-order valence-corrected chi connectivity index (χ2v) is 6.42. The average molecular weight is 338 g/mol. The smallest absolute Gasteiger partial charge is 0.255 e. The molecule has 3 N–H and O–H groups in total. The zero-order valence-electron chi connectivity index (χ0n) is 13.8. The highest BCUT2D eigenvalue weighted by molar-refractivity contribution is 5.53. The molecule has 0 saturated heterocycles. The van der Waals surface area contributed by atoms with Gasteiger partial charge in [0.1, 0.15) is 5.82 Å². The molecule has 0 spiro atoms. The van der Waals surface area contributed by atoms with Crippen LogP contribution in [0.4, 0.5) is 0 Å². The standard InChI is InChI=1S/C17H18N6O2/c1-10-12(8-13-21-16(23-25-13)17(18)5-3-6-17)15(24)22-14(20-10)11-4-2-7-19-9-11/h2,4,7,9H,3,5-6,8,18H2,1H3,(H,20,22,24). The highest BCUT2D eigenvalue weighted by Gasteiger charge is 2.39. The zero-order chi connectivity index (χ0) is 17.4. The van der Waals surface area contributed by atoms with Crippen molar-refractivity contribution in [1.29, 1.82) is 0 Å². The number of rotatable bonds is 4. The van der Waals surface area contributed by atoms with Gasteiger partial charge in [0.2, 0.25) is 5.89 Å². The second kappa shape index (κ2) is 5.89. The topological polar surface area (TPSA) is 124 Å². The van der Waals surface area contributed by atoms with Gasteiger partial charge in [0, 0.05) is 29.2 Å². The first kappa shape index (κ1) is 15.6. The Morgan fingerprint density at radius 2 is 2.20 bits per heavy atom. The number of aromatic nitrogens is 5. The predicted octanol–water partition coefficient (Wildman–Crippen LogP) is 1.45. The van der Waals surface area contributed by atoms with Gasteiger partial charge in [0.05, 0.1) is 12.0 Å². The van der Waals surface area contributed by atoms with E-state index in [4.69, 9.17) is 10.3 Å². The largest absolute Gasteiger partial charge is 0.339 e. The first-order chi connectivity index (χ1) is 12.0. The average Bonchev–Trinajstić information content (AvgIpc) is 3.05. The minimum atomic E-state index is -0.481. The molecule has 3 aromatic heterocycles. The van der Waals surface area contributed by atoms with E-state index in [9.17, 15) is 4.79 Å². The summed E-state index contributed by atoms with van der Waals surface area (Å²) in [5, 5.41) is 3.98. The van der Waals surface area contributed by atoms with E-state index in [1.807, 2.05) is 6.07 Å². The monoisotopic (exact) mass is 338 g/mol. The Bertz CT molecular complexity index is 959. The molecule has 128 valence electrons. The molecule has 1 fully saturated rings. The van der Waals surface area contributed by atoms with Gasteiger partial charge in [-0.1, -0.05) is 5.16 Å². The van der Waals surface area contributed by atoms with E-state index in [0.717, 1.165) is 24.8 Å². The first-order valence-electron chi connectivity index (χ1n) is 8.17. The van der Waals surface area contributed by atoms with Crippen molar-refractivity contribution in [2.24, 2.45) is 5.73 Å². The summed E-state index contributed by atoms with van der Waals surface area (Å²) in [4.78, 5) is 28.2. The third-order valence-electron chi connectivity index (χ3n) is 4.64. The van der Waals surface area contributed by atoms with Gasteiger partial charge in [0.25, 0.3) is 5.56 Å². The number of H-pyrrole nitrogens is 1. The van der Waals surface area contributed by atoms with E-state index >= 15 is 0 Å². The molecule has 0 amide bonds. The highest BCUT2D eigenvalue weighted by atomic mass is 16.5. The minimum Gasteiger partial charge on any atom is -0.339 e. The van der Waals surface area contributed by atoms with Gasteiger partial charge in [-0.2, -0.15) is 4.98 Å². The molecule has 0 aliphatic heterocycles. The van der Waals surface area contributed by atoms with Crippen LogP contribution in [0.2, 0.25) is 0 Å². The molecule has 0 aromatic carbocycles. The first-order valence-corrected chi connectivity index (χ1v) is 8.17. The summed E-state index contributed by atoms with van der Waals surface area (Å²) in [6, 6.07) is 3.63. The Kier molecular flexibility index (Phi) is 3.69. The van der Waals surface area contributed by atoms with Crippen molar-refractivity contribution in [3.63, 3.8) is 0 Å². The molecule has 1 saturated carbocycles. The lowest BCUT2D eigenvalue weighted by molar-refractivity contribution is 0.229. The van der Waals surface area contributed by atoms with Crippen molar-refractivity contribution < 1.29 is 4.52 Å². The summed E-state index contributed by atoms with van der Waals surface area (Å²) in [6.07, 6.45) is 6.33. The Hall–Kier alpha value is -2.87. The molecule has 1 aliphatic carbocycles. The van der Waals surface area contributed by atoms with Crippen LogP contribution in [0.25, 0.3) is 11.4 Å². The van der Waals surface area contributed by atoms with Crippen LogP contribution in [0.5, 0.6) is 0 Å². The summed E-state index contributed by atoms with van der Waals surface area (Å²) in [5.41, 5.74) is 7.37. The normalized spacial score (nSPS) is 15.8. The van der Waals surface area contributed by atoms with Crippen LogP contribution < -0.4 is 11.3 Å². The molecular formula is C17H18N6O2.